The number of sulfonamides is 1. The Hall–Kier alpha value is -1.91. The molecule has 0 atom stereocenters. The summed E-state index contributed by atoms with van der Waals surface area (Å²) in [4.78, 5) is 14.0. The first-order valence-corrected chi connectivity index (χ1v) is 6.39. The van der Waals surface area contributed by atoms with Gasteiger partial charge in [0.25, 0.3) is 0 Å². The fourth-order valence-electron chi connectivity index (χ4n) is 1.16. The molecule has 0 aromatic carbocycles. The molecular weight excluding hydrogens is 260 g/mol. The van der Waals surface area contributed by atoms with Crippen LogP contribution in [0.25, 0.3) is 0 Å². The summed E-state index contributed by atoms with van der Waals surface area (Å²) < 4.78 is 26.0. The van der Waals surface area contributed by atoms with E-state index in [0.717, 1.165) is 0 Å². The van der Waals surface area contributed by atoms with Gasteiger partial charge < -0.3 is 16.5 Å². The van der Waals surface area contributed by atoms with Crippen molar-refractivity contribution in [3.63, 3.8) is 0 Å². The lowest BCUT2D eigenvalue weighted by Gasteiger charge is -2.10. The van der Waals surface area contributed by atoms with Crippen molar-refractivity contribution in [1.29, 1.82) is 0 Å². The van der Waals surface area contributed by atoms with Crippen molar-refractivity contribution < 1.29 is 13.2 Å². The zero-order valence-corrected chi connectivity index (χ0v) is 10.2. The topological polar surface area (TPSA) is 152 Å². The minimum atomic E-state index is -3.75. The highest BCUT2D eigenvalue weighted by Crippen LogP contribution is 2.17. The molecule has 0 spiro atoms. The SMILES string of the molecule is NNc1ccncc1S(=O)(=O)NCCNC(N)=O. The zero-order valence-electron chi connectivity index (χ0n) is 9.38. The van der Waals surface area contributed by atoms with E-state index in [1.807, 2.05) is 0 Å². The number of rotatable bonds is 6. The van der Waals surface area contributed by atoms with Gasteiger partial charge >= 0.3 is 6.03 Å². The van der Waals surface area contributed by atoms with Gasteiger partial charge in [-0.25, -0.2) is 17.9 Å². The highest BCUT2D eigenvalue weighted by atomic mass is 32.2. The van der Waals surface area contributed by atoms with Gasteiger partial charge in [0.1, 0.15) is 4.90 Å². The Kier molecular flexibility index (Phi) is 4.83. The number of carbonyl (C=O) groups excluding carboxylic acids is 1. The van der Waals surface area contributed by atoms with Crippen molar-refractivity contribution >= 4 is 21.7 Å². The molecule has 0 radical (unpaired) electrons. The first-order valence-electron chi connectivity index (χ1n) is 4.91. The maximum absolute atomic E-state index is 11.9. The number of amides is 2. The number of aromatic nitrogens is 1. The van der Waals surface area contributed by atoms with Crippen LogP contribution >= 0.6 is 0 Å². The molecule has 2 amide bonds. The first-order chi connectivity index (χ1) is 8.47. The third-order valence-electron chi connectivity index (χ3n) is 1.95. The van der Waals surface area contributed by atoms with Crippen LogP contribution in [0.1, 0.15) is 0 Å². The van der Waals surface area contributed by atoms with Gasteiger partial charge in [-0.1, -0.05) is 0 Å². The lowest BCUT2D eigenvalue weighted by molar-refractivity contribution is 0.249. The molecular formula is C8H14N6O3S. The Morgan fingerprint density at radius 2 is 2.11 bits per heavy atom. The summed E-state index contributed by atoms with van der Waals surface area (Å²) in [5.41, 5.74) is 7.32. The number of urea groups is 1. The third-order valence-corrected chi connectivity index (χ3v) is 3.43. The molecule has 0 fully saturated rings. The van der Waals surface area contributed by atoms with Crippen LogP contribution in [0.5, 0.6) is 0 Å². The lowest BCUT2D eigenvalue weighted by Crippen LogP contribution is -2.37. The fraction of sp³-hybridized carbons (Fsp3) is 0.250. The van der Waals surface area contributed by atoms with E-state index in [-0.39, 0.29) is 23.7 Å². The molecule has 0 aliphatic carbocycles. The minimum Gasteiger partial charge on any atom is -0.352 e. The number of nitrogen functional groups attached to an aromatic ring is 1. The maximum atomic E-state index is 11.9. The molecule has 0 aliphatic heterocycles. The van der Waals surface area contributed by atoms with Crippen LogP contribution in [-0.2, 0) is 10.0 Å². The van der Waals surface area contributed by atoms with Crippen LogP contribution in [0.3, 0.4) is 0 Å². The van der Waals surface area contributed by atoms with Crippen molar-refractivity contribution in [2.75, 3.05) is 18.5 Å². The van der Waals surface area contributed by atoms with Crippen LogP contribution in [0.15, 0.2) is 23.4 Å². The predicted octanol–water partition coefficient (Wildman–Crippen LogP) is -1.69. The average molecular weight is 274 g/mol. The van der Waals surface area contributed by atoms with E-state index in [1.54, 1.807) is 0 Å². The molecule has 9 nitrogen and oxygen atoms in total. The van der Waals surface area contributed by atoms with Crippen LogP contribution < -0.4 is 27.0 Å². The Morgan fingerprint density at radius 3 is 2.72 bits per heavy atom. The highest BCUT2D eigenvalue weighted by molar-refractivity contribution is 7.89. The lowest BCUT2D eigenvalue weighted by atomic mass is 10.4. The first kappa shape index (κ1) is 14.2. The molecule has 18 heavy (non-hydrogen) atoms. The van der Waals surface area contributed by atoms with Crippen molar-refractivity contribution in [1.82, 2.24) is 15.0 Å². The summed E-state index contributed by atoms with van der Waals surface area (Å²) in [7, 11) is -3.75. The Morgan fingerprint density at radius 1 is 1.39 bits per heavy atom. The third kappa shape index (κ3) is 3.84. The van der Waals surface area contributed by atoms with Crippen LogP contribution in [0.2, 0.25) is 0 Å². The minimum absolute atomic E-state index is 0.00415. The van der Waals surface area contributed by atoms with Crippen molar-refractivity contribution in [3.05, 3.63) is 18.5 Å². The van der Waals surface area contributed by atoms with E-state index in [1.165, 1.54) is 18.5 Å². The Labute approximate surface area is 104 Å². The van der Waals surface area contributed by atoms with Crippen LogP contribution in [0, 0.1) is 0 Å². The van der Waals surface area contributed by atoms with Crippen LogP contribution in [-0.4, -0.2) is 32.5 Å². The standard InChI is InChI=1S/C8H14N6O3S/c9-8(15)12-3-4-13-18(16,17)7-5-11-2-1-6(7)14-10/h1-2,5,13H,3-4,10H2,(H,11,14)(H3,9,12,15). The van der Waals surface area contributed by atoms with E-state index in [0.29, 0.717) is 0 Å². The molecule has 0 bridgehead atoms. The number of carbonyl (C=O) groups is 1. The van der Waals surface area contributed by atoms with E-state index in [2.05, 4.69) is 20.4 Å². The van der Waals surface area contributed by atoms with Crippen molar-refractivity contribution in [3.8, 4) is 0 Å². The maximum Gasteiger partial charge on any atom is 0.312 e. The molecule has 1 heterocycles. The van der Waals surface area contributed by atoms with Gasteiger partial charge in [-0.05, 0) is 6.07 Å². The summed E-state index contributed by atoms with van der Waals surface area (Å²) in [6.07, 6.45) is 2.57. The van der Waals surface area contributed by atoms with Gasteiger partial charge in [0.2, 0.25) is 10.0 Å². The quantitative estimate of drug-likeness (QED) is 0.237. The number of primary amides is 1. The number of hydrazine groups is 1. The van der Waals surface area contributed by atoms with E-state index >= 15 is 0 Å². The summed E-state index contributed by atoms with van der Waals surface area (Å²) in [5.74, 6) is 5.20. The molecule has 0 unspecified atom stereocenters. The smallest absolute Gasteiger partial charge is 0.312 e. The van der Waals surface area contributed by atoms with Gasteiger partial charge in [0.05, 0.1) is 5.69 Å². The van der Waals surface area contributed by atoms with Crippen molar-refractivity contribution in [2.24, 2.45) is 11.6 Å². The second-order valence-corrected chi connectivity index (χ2v) is 4.94. The van der Waals surface area contributed by atoms with Gasteiger partial charge in [0.15, 0.2) is 0 Å². The van der Waals surface area contributed by atoms with Gasteiger partial charge in [0, 0.05) is 25.5 Å². The number of hydrogen-bond acceptors (Lipinski definition) is 6. The molecule has 0 saturated carbocycles. The monoisotopic (exact) mass is 274 g/mol. The van der Waals surface area contributed by atoms with E-state index in [4.69, 9.17) is 11.6 Å². The second kappa shape index (κ2) is 6.14. The normalized spacial score (nSPS) is 10.9. The summed E-state index contributed by atoms with van der Waals surface area (Å²) in [6, 6.07) is 0.704. The number of anilines is 1. The Bertz CT molecular complexity index is 517. The Balaban J connectivity index is 2.71. The number of nitrogens with one attached hydrogen (secondary N) is 3. The largest absolute Gasteiger partial charge is 0.352 e. The molecule has 7 N–H and O–H groups in total. The number of hydrogen-bond donors (Lipinski definition) is 5. The highest BCUT2D eigenvalue weighted by Gasteiger charge is 2.17. The zero-order chi connectivity index (χ0) is 13.6. The number of nitrogens with two attached hydrogens (primary N) is 2. The second-order valence-electron chi connectivity index (χ2n) is 3.20. The average Bonchev–Trinajstić information content (AvgIpc) is 2.34. The molecule has 100 valence electrons. The predicted molar refractivity (Wildman–Crippen MR) is 64.8 cm³/mol. The number of nitrogens with zero attached hydrogens (tertiary/aromatic N) is 1. The molecule has 1 rings (SSSR count). The van der Waals surface area contributed by atoms with Crippen molar-refractivity contribution in [2.45, 2.75) is 4.90 Å². The number of pyridine rings is 1. The van der Waals surface area contributed by atoms with Crippen LogP contribution in [0.4, 0.5) is 10.5 Å². The summed E-state index contributed by atoms with van der Waals surface area (Å²) in [5, 5.41) is 2.25. The van der Waals surface area contributed by atoms with E-state index < -0.39 is 16.1 Å². The summed E-state index contributed by atoms with van der Waals surface area (Å²) in [6.45, 7) is 0.0877. The molecule has 1 aromatic heterocycles. The molecule has 0 saturated heterocycles. The molecule has 0 aliphatic rings. The van der Waals surface area contributed by atoms with E-state index in [9.17, 15) is 13.2 Å². The van der Waals surface area contributed by atoms with Gasteiger partial charge in [-0.2, -0.15) is 0 Å². The molecule has 1 aromatic rings. The van der Waals surface area contributed by atoms with Gasteiger partial charge in [-0.15, -0.1) is 0 Å². The fourth-order valence-corrected chi connectivity index (χ4v) is 2.30. The molecule has 10 heteroatoms. The van der Waals surface area contributed by atoms with Gasteiger partial charge in [-0.3, -0.25) is 10.8 Å². The summed E-state index contributed by atoms with van der Waals surface area (Å²) >= 11 is 0.